The first-order chi connectivity index (χ1) is 13.6. The highest BCUT2D eigenvalue weighted by Gasteiger charge is 2.23. The Morgan fingerprint density at radius 2 is 1.69 bits per heavy atom. The molecule has 2 amide bonds. The fourth-order valence-electron chi connectivity index (χ4n) is 2.92. The van der Waals surface area contributed by atoms with Crippen LogP contribution in [-0.4, -0.2) is 24.8 Å². The highest BCUT2D eigenvalue weighted by Crippen LogP contribution is 2.22. The number of aromatic nitrogens is 1. The number of rotatable bonds is 5. The quantitative estimate of drug-likeness (QED) is 0.666. The summed E-state index contributed by atoms with van der Waals surface area (Å²) in [5.74, 6) is -2.00. The van der Waals surface area contributed by atoms with Crippen LogP contribution in [0.25, 0.3) is 11.3 Å². The molecule has 0 saturated carbocycles. The molecule has 3 rings (SSSR count). The zero-order chi connectivity index (χ0) is 21.3. The van der Waals surface area contributed by atoms with Crippen molar-refractivity contribution in [2.75, 3.05) is 0 Å². The summed E-state index contributed by atoms with van der Waals surface area (Å²) in [4.78, 5) is 23.8. The van der Waals surface area contributed by atoms with Gasteiger partial charge in [0.05, 0.1) is 4.90 Å². The van der Waals surface area contributed by atoms with E-state index in [0.717, 1.165) is 6.07 Å². The molecule has 0 unspecified atom stereocenters. The third-order valence-electron chi connectivity index (χ3n) is 4.51. The summed E-state index contributed by atoms with van der Waals surface area (Å²) in [5, 5.41) is 0. The molecule has 29 heavy (non-hydrogen) atoms. The van der Waals surface area contributed by atoms with Crippen molar-refractivity contribution < 1.29 is 22.4 Å². The molecular weight excluding hydrogens is 397 g/mol. The fraction of sp³-hybridized carbons (Fsp3) is 0.100. The zero-order valence-electron chi connectivity index (χ0n) is 15.6. The van der Waals surface area contributed by atoms with Crippen LogP contribution >= 0.6 is 0 Å². The van der Waals surface area contributed by atoms with Gasteiger partial charge in [0, 0.05) is 18.3 Å². The number of amides is 2. The number of nitrogens with zero attached hydrogens (tertiary/aromatic N) is 1. The molecule has 1 aromatic heterocycles. The van der Waals surface area contributed by atoms with Crippen LogP contribution in [0.15, 0.2) is 59.5 Å². The van der Waals surface area contributed by atoms with E-state index in [-0.39, 0.29) is 22.0 Å². The van der Waals surface area contributed by atoms with E-state index in [2.05, 4.69) is 0 Å². The summed E-state index contributed by atoms with van der Waals surface area (Å²) in [7, 11) is -2.63. The molecule has 0 atom stereocenters. The minimum absolute atomic E-state index is 0.0535. The number of carbonyl (C=O) groups is 2. The molecule has 0 saturated heterocycles. The average molecular weight is 415 g/mol. The van der Waals surface area contributed by atoms with Crippen LogP contribution < -0.4 is 10.5 Å². The van der Waals surface area contributed by atoms with E-state index >= 15 is 0 Å². The van der Waals surface area contributed by atoms with Gasteiger partial charge in [-0.1, -0.05) is 6.07 Å². The molecule has 0 aliphatic carbocycles. The van der Waals surface area contributed by atoms with Crippen molar-refractivity contribution in [2.45, 2.75) is 11.8 Å². The van der Waals surface area contributed by atoms with Crippen molar-refractivity contribution in [1.82, 2.24) is 9.29 Å². The largest absolute Gasteiger partial charge is 0.366 e. The summed E-state index contributed by atoms with van der Waals surface area (Å²) < 4.78 is 41.8. The Morgan fingerprint density at radius 3 is 2.31 bits per heavy atom. The van der Waals surface area contributed by atoms with Gasteiger partial charge in [0.1, 0.15) is 11.5 Å². The maximum absolute atomic E-state index is 13.1. The van der Waals surface area contributed by atoms with E-state index in [9.17, 15) is 22.4 Å². The van der Waals surface area contributed by atoms with Gasteiger partial charge < -0.3 is 10.3 Å². The minimum atomic E-state index is -4.23. The number of sulfonamides is 1. The van der Waals surface area contributed by atoms with Crippen LogP contribution in [0.3, 0.4) is 0 Å². The molecule has 3 N–H and O–H groups in total. The monoisotopic (exact) mass is 415 g/mol. The second-order valence-electron chi connectivity index (χ2n) is 6.45. The smallest absolute Gasteiger partial charge is 0.281 e. The predicted octanol–water partition coefficient (Wildman–Crippen LogP) is 2.36. The van der Waals surface area contributed by atoms with E-state index in [0.29, 0.717) is 16.8 Å². The minimum Gasteiger partial charge on any atom is -0.366 e. The van der Waals surface area contributed by atoms with Crippen LogP contribution in [0.4, 0.5) is 4.39 Å². The Kier molecular flexibility index (Phi) is 5.25. The Labute approximate surface area is 167 Å². The number of nitrogens with two attached hydrogens (primary N) is 1. The maximum atomic E-state index is 13.1. The summed E-state index contributed by atoms with van der Waals surface area (Å²) in [6.45, 7) is 1.62. The topological polar surface area (TPSA) is 111 Å². The molecule has 0 aliphatic heterocycles. The van der Waals surface area contributed by atoms with E-state index in [1.54, 1.807) is 32.2 Å². The first kappa shape index (κ1) is 20.3. The second-order valence-corrected chi connectivity index (χ2v) is 8.13. The number of benzene rings is 2. The van der Waals surface area contributed by atoms with Crippen molar-refractivity contribution in [3.05, 3.63) is 77.2 Å². The first-order valence-corrected chi connectivity index (χ1v) is 9.98. The predicted molar refractivity (Wildman–Crippen MR) is 105 cm³/mol. The van der Waals surface area contributed by atoms with Crippen molar-refractivity contribution in [1.29, 1.82) is 0 Å². The van der Waals surface area contributed by atoms with E-state index < -0.39 is 21.8 Å². The lowest BCUT2D eigenvalue weighted by atomic mass is 10.1. The van der Waals surface area contributed by atoms with Crippen LogP contribution in [0.5, 0.6) is 0 Å². The van der Waals surface area contributed by atoms with Crippen LogP contribution in [-0.2, 0) is 17.1 Å². The number of hydrogen-bond donors (Lipinski definition) is 2. The first-order valence-electron chi connectivity index (χ1n) is 8.49. The number of carbonyl (C=O) groups excluding carboxylic acids is 2. The molecular formula is C20H18FN3O4S. The molecule has 0 bridgehead atoms. The number of hydrogen-bond acceptors (Lipinski definition) is 4. The van der Waals surface area contributed by atoms with Crippen molar-refractivity contribution in [3.63, 3.8) is 0 Å². The summed E-state index contributed by atoms with van der Waals surface area (Å²) in [6.07, 6.45) is 0. The maximum Gasteiger partial charge on any atom is 0.281 e. The number of halogens is 1. The summed E-state index contributed by atoms with van der Waals surface area (Å²) in [6, 6.07) is 12.6. The van der Waals surface area contributed by atoms with Gasteiger partial charge >= 0.3 is 0 Å². The number of primary amides is 1. The van der Waals surface area contributed by atoms with Gasteiger partial charge in [0.15, 0.2) is 0 Å². The third-order valence-corrected chi connectivity index (χ3v) is 5.83. The molecule has 150 valence electrons. The molecule has 0 fully saturated rings. The Hall–Kier alpha value is -3.46. The van der Waals surface area contributed by atoms with Crippen molar-refractivity contribution >= 4 is 21.8 Å². The molecule has 7 nitrogen and oxygen atoms in total. The van der Waals surface area contributed by atoms with Crippen molar-refractivity contribution in [3.8, 4) is 11.3 Å². The average Bonchev–Trinajstić information content (AvgIpc) is 3.03. The number of nitrogens with one attached hydrogen (secondary N) is 1. The van der Waals surface area contributed by atoms with Crippen molar-refractivity contribution in [2.24, 2.45) is 12.8 Å². The lowest BCUT2D eigenvalue weighted by molar-refractivity contribution is 0.0971. The van der Waals surface area contributed by atoms with E-state index in [4.69, 9.17) is 5.73 Å². The SMILES string of the molecule is Cc1ccc(S(=O)(=O)NC(=O)c2ccc(-c3ccc(F)cc3)n2C)cc1C(N)=O. The van der Waals surface area contributed by atoms with Gasteiger partial charge in [-0.05, 0) is 66.6 Å². The van der Waals surface area contributed by atoms with Gasteiger partial charge in [-0.25, -0.2) is 17.5 Å². The van der Waals surface area contributed by atoms with Gasteiger partial charge in [-0.15, -0.1) is 0 Å². The Bertz CT molecular complexity index is 1220. The standard InChI is InChI=1S/C20H18FN3O4S/c1-12-3-8-15(11-16(12)19(22)25)29(27,28)23-20(26)18-10-9-17(24(18)2)13-4-6-14(21)7-5-13/h3-11H,1-2H3,(H2,22,25)(H,23,26). The molecule has 2 aromatic carbocycles. The highest BCUT2D eigenvalue weighted by atomic mass is 32.2. The van der Waals surface area contributed by atoms with Gasteiger partial charge in [0.2, 0.25) is 5.91 Å². The molecule has 9 heteroatoms. The van der Waals surface area contributed by atoms with E-state index in [1.807, 2.05) is 4.72 Å². The lowest BCUT2D eigenvalue weighted by Crippen LogP contribution is -2.32. The Morgan fingerprint density at radius 1 is 1.03 bits per heavy atom. The molecule has 0 aliphatic rings. The number of aryl methyl sites for hydroxylation is 1. The fourth-order valence-corrected chi connectivity index (χ4v) is 3.90. The Balaban J connectivity index is 1.89. The molecule has 0 spiro atoms. The summed E-state index contributed by atoms with van der Waals surface area (Å²) in [5.41, 5.74) is 7.20. The lowest BCUT2D eigenvalue weighted by Gasteiger charge is -2.11. The molecule has 3 aromatic rings. The highest BCUT2D eigenvalue weighted by molar-refractivity contribution is 7.90. The van der Waals surface area contributed by atoms with E-state index in [1.165, 1.54) is 34.9 Å². The normalized spacial score (nSPS) is 11.3. The zero-order valence-corrected chi connectivity index (χ0v) is 16.5. The summed E-state index contributed by atoms with van der Waals surface area (Å²) >= 11 is 0. The van der Waals surface area contributed by atoms with Gasteiger partial charge in [-0.2, -0.15) is 0 Å². The van der Waals surface area contributed by atoms with Crippen LogP contribution in [0.2, 0.25) is 0 Å². The molecule has 1 heterocycles. The van der Waals surface area contributed by atoms with Crippen LogP contribution in [0.1, 0.15) is 26.4 Å². The van der Waals surface area contributed by atoms with Gasteiger partial charge in [0.25, 0.3) is 15.9 Å². The second kappa shape index (κ2) is 7.51. The third kappa shape index (κ3) is 4.04. The molecule has 0 radical (unpaired) electrons. The van der Waals surface area contributed by atoms with Crippen LogP contribution in [0, 0.1) is 12.7 Å². The van der Waals surface area contributed by atoms with Gasteiger partial charge in [-0.3, -0.25) is 9.59 Å².